The summed E-state index contributed by atoms with van der Waals surface area (Å²) >= 11 is 5.95. The Kier molecular flexibility index (Phi) is 4.36. The minimum absolute atomic E-state index is 0.00222. The maximum absolute atomic E-state index is 13.9. The Morgan fingerprint density at radius 1 is 1.53 bits per heavy atom. The summed E-state index contributed by atoms with van der Waals surface area (Å²) < 4.78 is 18.8. The van der Waals surface area contributed by atoms with Crippen molar-refractivity contribution in [3.8, 4) is 5.75 Å². The predicted octanol–water partition coefficient (Wildman–Crippen LogP) is 2.94. The van der Waals surface area contributed by atoms with Crippen LogP contribution in [0.5, 0.6) is 5.75 Å². The Hall–Kier alpha value is -0.800. The highest BCUT2D eigenvalue weighted by Crippen LogP contribution is 2.33. The second kappa shape index (κ2) is 5.33. The molecule has 0 aliphatic carbocycles. The largest absolute Gasteiger partial charge is 0.494 e. The smallest absolute Gasteiger partial charge is 0.169 e. The third kappa shape index (κ3) is 2.61. The summed E-state index contributed by atoms with van der Waals surface area (Å²) in [5, 5.41) is 0.425. The predicted molar refractivity (Wildman–Crippen MR) is 60.0 cm³/mol. The summed E-state index contributed by atoms with van der Waals surface area (Å²) in [5.74, 6) is -0.165. The zero-order valence-corrected chi connectivity index (χ0v) is 9.64. The molecule has 0 aliphatic rings. The van der Waals surface area contributed by atoms with E-state index in [4.69, 9.17) is 22.1 Å². The molecule has 0 saturated carbocycles. The van der Waals surface area contributed by atoms with Crippen LogP contribution in [0.3, 0.4) is 0 Å². The van der Waals surface area contributed by atoms with Gasteiger partial charge in [-0.1, -0.05) is 18.5 Å². The van der Waals surface area contributed by atoms with Crippen molar-refractivity contribution in [2.45, 2.75) is 19.3 Å². The highest BCUT2D eigenvalue weighted by Gasteiger charge is 2.17. The highest BCUT2D eigenvalue weighted by atomic mass is 35.5. The molecule has 0 aliphatic heterocycles. The first kappa shape index (κ1) is 12.3. The van der Waals surface area contributed by atoms with Crippen molar-refractivity contribution in [3.63, 3.8) is 0 Å². The molecule has 0 bridgehead atoms. The fourth-order valence-electron chi connectivity index (χ4n) is 1.55. The van der Waals surface area contributed by atoms with Crippen molar-refractivity contribution in [2.24, 2.45) is 5.73 Å². The number of rotatable bonds is 4. The van der Waals surface area contributed by atoms with E-state index in [-0.39, 0.29) is 17.5 Å². The van der Waals surface area contributed by atoms with Crippen molar-refractivity contribution >= 4 is 11.6 Å². The lowest BCUT2D eigenvalue weighted by molar-refractivity contribution is 0.382. The average Bonchev–Trinajstić information content (AvgIpc) is 2.18. The number of hydrogen-bond acceptors (Lipinski definition) is 2. The van der Waals surface area contributed by atoms with Crippen molar-refractivity contribution in [2.75, 3.05) is 13.7 Å². The highest BCUT2D eigenvalue weighted by molar-refractivity contribution is 6.31. The zero-order valence-electron chi connectivity index (χ0n) is 8.89. The van der Waals surface area contributed by atoms with E-state index in [1.54, 1.807) is 6.07 Å². The Morgan fingerprint density at radius 2 is 2.20 bits per heavy atom. The quantitative estimate of drug-likeness (QED) is 0.865. The minimum atomic E-state index is -0.383. The van der Waals surface area contributed by atoms with E-state index in [0.717, 1.165) is 0 Å². The molecule has 1 unspecified atom stereocenters. The van der Waals surface area contributed by atoms with Crippen molar-refractivity contribution < 1.29 is 9.13 Å². The normalized spacial score (nSPS) is 12.6. The lowest BCUT2D eigenvalue weighted by Crippen LogP contribution is -2.07. The van der Waals surface area contributed by atoms with E-state index in [0.29, 0.717) is 23.6 Å². The van der Waals surface area contributed by atoms with Crippen molar-refractivity contribution in [3.05, 3.63) is 28.5 Å². The summed E-state index contributed by atoms with van der Waals surface area (Å²) in [6.45, 7) is 2.41. The molecular weight excluding hydrogens is 217 g/mol. The number of benzene rings is 1. The molecule has 0 saturated heterocycles. The van der Waals surface area contributed by atoms with Gasteiger partial charge in [-0.2, -0.15) is 0 Å². The van der Waals surface area contributed by atoms with E-state index in [2.05, 4.69) is 0 Å². The fraction of sp³-hybridized carbons (Fsp3) is 0.455. The van der Waals surface area contributed by atoms with Gasteiger partial charge in [0.05, 0.1) is 7.11 Å². The van der Waals surface area contributed by atoms with Gasteiger partial charge < -0.3 is 10.5 Å². The van der Waals surface area contributed by atoms with Crippen LogP contribution in [0, 0.1) is 5.82 Å². The molecule has 0 radical (unpaired) electrons. The lowest BCUT2D eigenvalue weighted by atomic mass is 9.97. The molecule has 1 aromatic rings. The van der Waals surface area contributed by atoms with Crippen LogP contribution in [0.4, 0.5) is 4.39 Å². The van der Waals surface area contributed by atoms with Gasteiger partial charge in [0.25, 0.3) is 0 Å². The maximum atomic E-state index is 13.9. The van der Waals surface area contributed by atoms with Crippen LogP contribution >= 0.6 is 11.6 Å². The fourth-order valence-corrected chi connectivity index (χ4v) is 1.89. The Labute approximate surface area is 94.2 Å². The topological polar surface area (TPSA) is 35.2 Å². The third-order valence-corrected chi connectivity index (χ3v) is 2.73. The zero-order chi connectivity index (χ0) is 11.4. The van der Waals surface area contributed by atoms with Crippen LogP contribution in [0.2, 0.25) is 5.02 Å². The molecular formula is C11H15ClFNO. The molecule has 2 N–H and O–H groups in total. The third-order valence-electron chi connectivity index (χ3n) is 2.40. The van der Waals surface area contributed by atoms with E-state index in [1.165, 1.54) is 13.2 Å². The molecule has 0 spiro atoms. The van der Waals surface area contributed by atoms with E-state index in [1.807, 2.05) is 6.92 Å². The number of ether oxygens (including phenoxy) is 1. The monoisotopic (exact) mass is 231 g/mol. The van der Waals surface area contributed by atoms with Gasteiger partial charge in [-0.3, -0.25) is 0 Å². The summed E-state index contributed by atoms with van der Waals surface area (Å²) in [4.78, 5) is 0. The van der Waals surface area contributed by atoms with Crippen molar-refractivity contribution in [1.29, 1.82) is 0 Å². The SMILES string of the molecule is COc1ccc(Cl)c(C(C)CCN)c1F. The van der Waals surface area contributed by atoms with Crippen LogP contribution in [0.15, 0.2) is 12.1 Å². The summed E-state index contributed by atoms with van der Waals surface area (Å²) in [5.41, 5.74) is 5.93. The van der Waals surface area contributed by atoms with E-state index < -0.39 is 0 Å². The Morgan fingerprint density at radius 3 is 2.73 bits per heavy atom. The van der Waals surface area contributed by atoms with Crippen LogP contribution < -0.4 is 10.5 Å². The van der Waals surface area contributed by atoms with Crippen LogP contribution in [-0.4, -0.2) is 13.7 Å². The number of halogens is 2. The standard InChI is InChI=1S/C11H15ClFNO/c1-7(5-6-14)10-8(12)3-4-9(15-2)11(10)13/h3-4,7H,5-6,14H2,1-2H3. The van der Waals surface area contributed by atoms with Gasteiger partial charge in [0.2, 0.25) is 0 Å². The molecule has 1 atom stereocenters. The van der Waals surface area contributed by atoms with E-state index in [9.17, 15) is 4.39 Å². The van der Waals surface area contributed by atoms with Gasteiger partial charge >= 0.3 is 0 Å². The number of hydrogen-bond donors (Lipinski definition) is 1. The lowest BCUT2D eigenvalue weighted by Gasteiger charge is -2.15. The molecule has 4 heteroatoms. The average molecular weight is 232 g/mol. The Bertz CT molecular complexity index is 344. The van der Waals surface area contributed by atoms with Gasteiger partial charge in [-0.05, 0) is 31.0 Å². The maximum Gasteiger partial charge on any atom is 0.169 e. The van der Waals surface area contributed by atoms with Gasteiger partial charge in [0.15, 0.2) is 11.6 Å². The molecule has 0 fully saturated rings. The summed E-state index contributed by atoms with van der Waals surface area (Å²) in [7, 11) is 1.43. The second-order valence-electron chi connectivity index (χ2n) is 3.46. The summed E-state index contributed by atoms with van der Waals surface area (Å²) in [6, 6.07) is 3.17. The van der Waals surface area contributed by atoms with E-state index >= 15 is 0 Å². The Balaban J connectivity index is 3.14. The minimum Gasteiger partial charge on any atom is -0.494 e. The molecule has 1 aromatic carbocycles. The second-order valence-corrected chi connectivity index (χ2v) is 3.86. The summed E-state index contributed by atoms with van der Waals surface area (Å²) in [6.07, 6.45) is 0.698. The van der Waals surface area contributed by atoms with Crippen molar-refractivity contribution in [1.82, 2.24) is 0 Å². The first-order valence-electron chi connectivity index (χ1n) is 4.83. The van der Waals surface area contributed by atoms with Gasteiger partial charge in [-0.15, -0.1) is 0 Å². The van der Waals surface area contributed by atoms with Crippen LogP contribution in [0.1, 0.15) is 24.8 Å². The van der Waals surface area contributed by atoms with Crippen LogP contribution in [0.25, 0.3) is 0 Å². The number of methoxy groups -OCH3 is 1. The van der Waals surface area contributed by atoms with Crippen LogP contribution in [-0.2, 0) is 0 Å². The van der Waals surface area contributed by atoms with Gasteiger partial charge in [0, 0.05) is 10.6 Å². The van der Waals surface area contributed by atoms with Gasteiger partial charge in [0.1, 0.15) is 0 Å². The molecule has 2 nitrogen and oxygen atoms in total. The first-order valence-corrected chi connectivity index (χ1v) is 5.21. The molecule has 0 aromatic heterocycles. The molecule has 1 rings (SSSR count). The molecule has 84 valence electrons. The number of nitrogens with two attached hydrogens (primary N) is 1. The van der Waals surface area contributed by atoms with Gasteiger partial charge in [-0.25, -0.2) is 4.39 Å². The molecule has 0 heterocycles. The first-order chi connectivity index (χ1) is 7.11. The molecule has 15 heavy (non-hydrogen) atoms. The molecule has 0 amide bonds.